The van der Waals surface area contributed by atoms with Gasteiger partial charge in [0.05, 0.1) is 13.0 Å². The number of piperidine rings is 1. The van der Waals surface area contributed by atoms with Crippen LogP contribution in [0.4, 0.5) is 4.48 Å². The molecule has 1 aliphatic rings. The number of halogens is 1. The Labute approximate surface area is 89.7 Å². The summed E-state index contributed by atoms with van der Waals surface area (Å²) in [5.74, 6) is 0.112. The van der Waals surface area contributed by atoms with Gasteiger partial charge in [-0.2, -0.15) is 5.54 Å². The van der Waals surface area contributed by atoms with Gasteiger partial charge < -0.3 is 9.64 Å². The number of ether oxygens (including phenoxy) is 1. The van der Waals surface area contributed by atoms with Crippen LogP contribution >= 0.6 is 0 Å². The van der Waals surface area contributed by atoms with Gasteiger partial charge in [0.25, 0.3) is 0 Å². The lowest BCUT2D eigenvalue weighted by Gasteiger charge is -2.30. The smallest absolute Gasteiger partial charge is 0.224 e. The van der Waals surface area contributed by atoms with Gasteiger partial charge in [0, 0.05) is 25.7 Å². The lowest BCUT2D eigenvalue weighted by atomic mass is 10.1. The highest BCUT2D eigenvalue weighted by atomic mass is 19.2. The summed E-state index contributed by atoms with van der Waals surface area (Å²) in [4.78, 5) is 13.4. The standard InChI is InChI=1S/C10H19FN2O2/c1-2-15-8-5-10(14)13-6-3-9(12-11)4-7-13/h9,12H,2-8H2,1H3. The van der Waals surface area contributed by atoms with E-state index in [1.807, 2.05) is 6.92 Å². The fraction of sp³-hybridized carbons (Fsp3) is 0.900. The Morgan fingerprint density at radius 2 is 2.20 bits per heavy atom. The molecule has 1 N–H and O–H groups in total. The quantitative estimate of drug-likeness (QED) is 0.550. The Kier molecular flexibility index (Phi) is 5.57. The normalized spacial score (nSPS) is 18.1. The second-order valence-corrected chi connectivity index (χ2v) is 3.71. The van der Waals surface area contributed by atoms with Crippen molar-refractivity contribution in [2.75, 3.05) is 26.3 Å². The number of hydrogen-bond acceptors (Lipinski definition) is 3. The fourth-order valence-electron chi connectivity index (χ4n) is 1.70. The van der Waals surface area contributed by atoms with Gasteiger partial charge in [-0.15, -0.1) is 4.48 Å². The molecule has 0 aromatic heterocycles. The number of likely N-dealkylation sites (tertiary alicyclic amines) is 1. The van der Waals surface area contributed by atoms with Crippen LogP contribution in [0.2, 0.25) is 0 Å². The number of amides is 1. The van der Waals surface area contributed by atoms with Crippen LogP contribution in [-0.2, 0) is 9.53 Å². The molecule has 15 heavy (non-hydrogen) atoms. The van der Waals surface area contributed by atoms with E-state index in [1.165, 1.54) is 0 Å². The molecule has 4 nitrogen and oxygen atoms in total. The molecule has 0 unspecified atom stereocenters. The van der Waals surface area contributed by atoms with Gasteiger partial charge in [-0.1, -0.05) is 0 Å². The summed E-state index contributed by atoms with van der Waals surface area (Å²) < 4.78 is 17.2. The molecule has 1 aliphatic heterocycles. The molecule has 0 spiro atoms. The minimum atomic E-state index is -0.0825. The summed E-state index contributed by atoms with van der Waals surface area (Å²) in [6, 6.07) is -0.0825. The number of nitrogens with zero attached hydrogens (tertiary/aromatic N) is 1. The van der Waals surface area contributed by atoms with E-state index in [9.17, 15) is 9.28 Å². The van der Waals surface area contributed by atoms with E-state index in [1.54, 1.807) is 10.4 Å². The van der Waals surface area contributed by atoms with Crippen molar-refractivity contribution >= 4 is 5.91 Å². The number of carbonyl (C=O) groups is 1. The Morgan fingerprint density at radius 3 is 2.73 bits per heavy atom. The molecule has 88 valence electrons. The largest absolute Gasteiger partial charge is 0.381 e. The fourth-order valence-corrected chi connectivity index (χ4v) is 1.70. The van der Waals surface area contributed by atoms with Crippen LogP contribution in [0.1, 0.15) is 26.2 Å². The van der Waals surface area contributed by atoms with Gasteiger partial charge in [0.15, 0.2) is 0 Å². The summed E-state index contributed by atoms with van der Waals surface area (Å²) in [6.07, 6.45) is 1.81. The van der Waals surface area contributed by atoms with Gasteiger partial charge in [-0.25, -0.2) is 0 Å². The summed E-state index contributed by atoms with van der Waals surface area (Å²) in [5.41, 5.74) is 1.75. The highest BCUT2D eigenvalue weighted by Crippen LogP contribution is 2.11. The lowest BCUT2D eigenvalue weighted by Crippen LogP contribution is -2.43. The van der Waals surface area contributed by atoms with Crippen molar-refractivity contribution in [1.82, 2.24) is 10.4 Å². The molecule has 0 aliphatic carbocycles. The van der Waals surface area contributed by atoms with Crippen molar-refractivity contribution in [3.8, 4) is 0 Å². The highest BCUT2D eigenvalue weighted by molar-refractivity contribution is 5.76. The maximum atomic E-state index is 12.1. The molecule has 1 heterocycles. The molecule has 1 rings (SSSR count). The zero-order valence-electron chi connectivity index (χ0n) is 9.17. The Morgan fingerprint density at radius 1 is 1.53 bits per heavy atom. The van der Waals surface area contributed by atoms with Crippen LogP contribution in [-0.4, -0.2) is 43.2 Å². The van der Waals surface area contributed by atoms with Gasteiger partial charge in [-0.3, -0.25) is 4.79 Å². The predicted octanol–water partition coefficient (Wildman–Crippen LogP) is 0.878. The average Bonchev–Trinajstić information content (AvgIpc) is 2.29. The third-order valence-corrected chi connectivity index (χ3v) is 2.67. The molecule has 1 fully saturated rings. The lowest BCUT2D eigenvalue weighted by molar-refractivity contribution is -0.133. The van der Waals surface area contributed by atoms with E-state index in [-0.39, 0.29) is 11.9 Å². The molecule has 5 heteroatoms. The second kappa shape index (κ2) is 6.74. The van der Waals surface area contributed by atoms with Crippen LogP contribution in [0.25, 0.3) is 0 Å². The van der Waals surface area contributed by atoms with Crippen molar-refractivity contribution in [3.05, 3.63) is 0 Å². The molecule has 0 saturated carbocycles. The molecule has 0 radical (unpaired) electrons. The number of rotatable bonds is 5. The van der Waals surface area contributed by atoms with E-state index in [4.69, 9.17) is 4.74 Å². The summed E-state index contributed by atoms with van der Waals surface area (Å²) >= 11 is 0. The van der Waals surface area contributed by atoms with Crippen LogP contribution in [0.3, 0.4) is 0 Å². The van der Waals surface area contributed by atoms with Gasteiger partial charge in [0.1, 0.15) is 0 Å². The Hall–Kier alpha value is -0.680. The molecule has 0 aromatic carbocycles. The zero-order valence-corrected chi connectivity index (χ0v) is 9.17. The third kappa shape index (κ3) is 4.13. The first-order valence-corrected chi connectivity index (χ1v) is 5.49. The molecule has 0 atom stereocenters. The van der Waals surface area contributed by atoms with Gasteiger partial charge >= 0.3 is 0 Å². The minimum Gasteiger partial charge on any atom is -0.381 e. The molecule has 1 saturated heterocycles. The maximum absolute atomic E-state index is 12.1. The topological polar surface area (TPSA) is 41.6 Å². The minimum absolute atomic E-state index is 0.0825. The van der Waals surface area contributed by atoms with Crippen LogP contribution in [0.15, 0.2) is 0 Å². The van der Waals surface area contributed by atoms with Crippen LogP contribution < -0.4 is 5.54 Å². The summed E-state index contributed by atoms with van der Waals surface area (Å²) in [7, 11) is 0. The van der Waals surface area contributed by atoms with Gasteiger partial charge in [-0.05, 0) is 19.8 Å². The van der Waals surface area contributed by atoms with Crippen molar-refractivity contribution in [3.63, 3.8) is 0 Å². The first kappa shape index (κ1) is 12.4. The zero-order chi connectivity index (χ0) is 11.1. The highest BCUT2D eigenvalue weighted by Gasteiger charge is 2.22. The molecule has 1 amide bonds. The molecular formula is C10H19FN2O2. The summed E-state index contributed by atoms with van der Waals surface area (Å²) in [5, 5.41) is 0. The maximum Gasteiger partial charge on any atom is 0.224 e. The SMILES string of the molecule is CCOCCC(=O)N1CCC(NF)CC1. The van der Waals surface area contributed by atoms with E-state index in [0.717, 1.165) is 0 Å². The first-order valence-electron chi connectivity index (χ1n) is 5.49. The van der Waals surface area contributed by atoms with Crippen molar-refractivity contribution in [2.24, 2.45) is 0 Å². The van der Waals surface area contributed by atoms with Crippen LogP contribution in [0, 0.1) is 0 Å². The van der Waals surface area contributed by atoms with E-state index in [0.29, 0.717) is 45.6 Å². The number of carbonyl (C=O) groups excluding carboxylic acids is 1. The third-order valence-electron chi connectivity index (χ3n) is 2.67. The Balaban J connectivity index is 2.18. The van der Waals surface area contributed by atoms with E-state index < -0.39 is 0 Å². The van der Waals surface area contributed by atoms with Crippen molar-refractivity contribution in [1.29, 1.82) is 0 Å². The van der Waals surface area contributed by atoms with Gasteiger partial charge in [0.2, 0.25) is 5.91 Å². The molecule has 0 aromatic rings. The Bertz CT molecular complexity index is 194. The van der Waals surface area contributed by atoms with Crippen molar-refractivity contribution < 1.29 is 14.0 Å². The van der Waals surface area contributed by atoms with E-state index in [2.05, 4.69) is 0 Å². The monoisotopic (exact) mass is 218 g/mol. The number of hydrogen-bond donors (Lipinski definition) is 1. The van der Waals surface area contributed by atoms with E-state index >= 15 is 0 Å². The first-order chi connectivity index (χ1) is 7.27. The molecule has 0 bridgehead atoms. The second-order valence-electron chi connectivity index (χ2n) is 3.71. The number of nitrogens with one attached hydrogen (secondary N) is 1. The predicted molar refractivity (Wildman–Crippen MR) is 55.0 cm³/mol. The average molecular weight is 218 g/mol. The van der Waals surface area contributed by atoms with Crippen molar-refractivity contribution in [2.45, 2.75) is 32.2 Å². The molecular weight excluding hydrogens is 199 g/mol. The summed E-state index contributed by atoms with van der Waals surface area (Å²) in [6.45, 7) is 4.32. The van der Waals surface area contributed by atoms with Crippen LogP contribution in [0.5, 0.6) is 0 Å².